The van der Waals surface area contributed by atoms with Gasteiger partial charge in [0.15, 0.2) is 0 Å². The Morgan fingerprint density at radius 3 is 2.42 bits per heavy atom. The van der Waals surface area contributed by atoms with Crippen molar-refractivity contribution in [3.05, 3.63) is 29.1 Å². The fraction of sp³-hybridized carbons (Fsp3) is 0.600. The molecule has 1 atom stereocenters. The zero-order valence-corrected chi connectivity index (χ0v) is 11.8. The number of halogens is 1. The van der Waals surface area contributed by atoms with Gasteiger partial charge < -0.3 is 15.1 Å². The average Bonchev–Trinajstić information content (AvgIpc) is 2.32. The van der Waals surface area contributed by atoms with E-state index >= 15 is 0 Å². The van der Waals surface area contributed by atoms with Gasteiger partial charge in [0.05, 0.1) is 11.7 Å². The van der Waals surface area contributed by atoms with Gasteiger partial charge in [0, 0.05) is 24.3 Å². The molecule has 0 spiro atoms. The summed E-state index contributed by atoms with van der Waals surface area (Å²) in [6.45, 7) is 6.66. The maximum atomic E-state index is 13.6. The van der Waals surface area contributed by atoms with Gasteiger partial charge in [0.1, 0.15) is 5.82 Å². The minimum Gasteiger partial charge on any atom is -0.390 e. The second-order valence-corrected chi connectivity index (χ2v) is 5.82. The Morgan fingerprint density at radius 2 is 1.89 bits per heavy atom. The van der Waals surface area contributed by atoms with Crippen molar-refractivity contribution in [2.75, 3.05) is 18.0 Å². The summed E-state index contributed by atoms with van der Waals surface area (Å²) in [5.41, 5.74) is 1.46. The number of anilines is 1. The van der Waals surface area contributed by atoms with Gasteiger partial charge in [-0.2, -0.15) is 0 Å². The SMILES string of the molecule is Cc1cc(N2CCC(C)(O)CC2)c(C(C)O)cc1F. The molecule has 1 fully saturated rings. The Balaban J connectivity index is 2.31. The quantitative estimate of drug-likeness (QED) is 0.865. The summed E-state index contributed by atoms with van der Waals surface area (Å²) in [5.74, 6) is -0.288. The normalized spacial score (nSPS) is 20.4. The van der Waals surface area contributed by atoms with Gasteiger partial charge >= 0.3 is 0 Å². The molecule has 1 aliphatic rings. The van der Waals surface area contributed by atoms with Crippen molar-refractivity contribution in [1.29, 1.82) is 0 Å². The van der Waals surface area contributed by atoms with E-state index in [1.807, 2.05) is 6.92 Å². The molecule has 1 heterocycles. The number of rotatable bonds is 2. The Kier molecular flexibility index (Phi) is 3.83. The third-order valence-electron chi connectivity index (χ3n) is 3.94. The minimum absolute atomic E-state index is 0.288. The smallest absolute Gasteiger partial charge is 0.126 e. The highest BCUT2D eigenvalue weighted by molar-refractivity contribution is 5.57. The molecule has 1 aromatic carbocycles. The maximum absolute atomic E-state index is 13.6. The molecular weight excluding hydrogens is 245 g/mol. The summed E-state index contributed by atoms with van der Waals surface area (Å²) in [7, 11) is 0. The van der Waals surface area contributed by atoms with E-state index in [1.54, 1.807) is 19.9 Å². The van der Waals surface area contributed by atoms with Crippen LogP contribution >= 0.6 is 0 Å². The number of benzene rings is 1. The van der Waals surface area contributed by atoms with Crippen molar-refractivity contribution in [3.8, 4) is 0 Å². The molecular formula is C15H22FNO2. The van der Waals surface area contributed by atoms with Gasteiger partial charge in [-0.25, -0.2) is 4.39 Å². The fourth-order valence-electron chi connectivity index (χ4n) is 2.52. The van der Waals surface area contributed by atoms with E-state index in [1.165, 1.54) is 6.07 Å². The molecule has 1 unspecified atom stereocenters. The number of nitrogens with zero attached hydrogens (tertiary/aromatic N) is 1. The van der Waals surface area contributed by atoms with Gasteiger partial charge in [-0.1, -0.05) is 0 Å². The second-order valence-electron chi connectivity index (χ2n) is 5.82. The monoisotopic (exact) mass is 267 g/mol. The topological polar surface area (TPSA) is 43.7 Å². The van der Waals surface area contributed by atoms with Crippen LogP contribution in [-0.4, -0.2) is 28.9 Å². The summed E-state index contributed by atoms with van der Waals surface area (Å²) in [6.07, 6.45) is 0.665. The van der Waals surface area contributed by atoms with E-state index in [2.05, 4.69) is 4.90 Å². The molecule has 1 saturated heterocycles. The van der Waals surface area contributed by atoms with Gasteiger partial charge in [-0.15, -0.1) is 0 Å². The van der Waals surface area contributed by atoms with Crippen molar-refractivity contribution in [3.63, 3.8) is 0 Å². The van der Waals surface area contributed by atoms with Crippen molar-refractivity contribution >= 4 is 5.69 Å². The van der Waals surface area contributed by atoms with Crippen molar-refractivity contribution < 1.29 is 14.6 Å². The number of piperidine rings is 1. The lowest BCUT2D eigenvalue weighted by atomic mass is 9.92. The van der Waals surface area contributed by atoms with E-state index in [0.717, 1.165) is 18.8 Å². The summed E-state index contributed by atoms with van der Waals surface area (Å²) < 4.78 is 13.6. The summed E-state index contributed by atoms with van der Waals surface area (Å²) in [6, 6.07) is 3.21. The molecule has 2 N–H and O–H groups in total. The lowest BCUT2D eigenvalue weighted by molar-refractivity contribution is 0.0350. The van der Waals surface area contributed by atoms with Crippen LogP contribution in [-0.2, 0) is 0 Å². The highest BCUT2D eigenvalue weighted by Crippen LogP contribution is 2.33. The Bertz CT molecular complexity index is 461. The van der Waals surface area contributed by atoms with E-state index in [4.69, 9.17) is 0 Å². The number of hydrogen-bond acceptors (Lipinski definition) is 3. The van der Waals surface area contributed by atoms with E-state index in [-0.39, 0.29) is 5.82 Å². The Hall–Kier alpha value is -1.13. The molecule has 19 heavy (non-hydrogen) atoms. The molecule has 0 radical (unpaired) electrons. The molecule has 3 nitrogen and oxygen atoms in total. The van der Waals surface area contributed by atoms with E-state index < -0.39 is 11.7 Å². The molecule has 2 rings (SSSR count). The predicted octanol–water partition coefficient (Wildman–Crippen LogP) is 2.54. The zero-order chi connectivity index (χ0) is 14.2. The number of hydrogen-bond donors (Lipinski definition) is 2. The van der Waals surface area contributed by atoms with Crippen LogP contribution in [0, 0.1) is 12.7 Å². The highest BCUT2D eigenvalue weighted by Gasteiger charge is 2.29. The van der Waals surface area contributed by atoms with Crippen molar-refractivity contribution in [2.24, 2.45) is 0 Å². The first kappa shape index (κ1) is 14.3. The molecule has 1 aromatic rings. The Labute approximate surface area is 113 Å². The lowest BCUT2D eigenvalue weighted by Crippen LogP contribution is -2.42. The fourth-order valence-corrected chi connectivity index (χ4v) is 2.52. The largest absolute Gasteiger partial charge is 0.390 e. The average molecular weight is 267 g/mol. The molecule has 4 heteroatoms. The first-order valence-corrected chi connectivity index (χ1v) is 6.75. The molecule has 0 saturated carbocycles. The van der Waals surface area contributed by atoms with Crippen LogP contribution in [0.25, 0.3) is 0 Å². The van der Waals surface area contributed by atoms with Crippen LogP contribution < -0.4 is 4.90 Å². The van der Waals surface area contributed by atoms with E-state index in [9.17, 15) is 14.6 Å². The van der Waals surface area contributed by atoms with Gasteiger partial charge in [0.2, 0.25) is 0 Å². The van der Waals surface area contributed by atoms with Crippen LogP contribution in [0.5, 0.6) is 0 Å². The summed E-state index contributed by atoms with van der Waals surface area (Å²) in [5, 5.41) is 19.8. The van der Waals surface area contributed by atoms with Crippen LogP contribution in [0.4, 0.5) is 10.1 Å². The van der Waals surface area contributed by atoms with Crippen molar-refractivity contribution in [1.82, 2.24) is 0 Å². The number of aliphatic hydroxyl groups is 2. The van der Waals surface area contributed by atoms with E-state index in [0.29, 0.717) is 24.0 Å². The standard InChI is InChI=1S/C15H22FNO2/c1-10-8-14(12(11(2)18)9-13(10)16)17-6-4-15(3,19)5-7-17/h8-9,11,18-19H,4-7H2,1-3H3. The first-order valence-electron chi connectivity index (χ1n) is 6.75. The van der Waals surface area contributed by atoms with Gasteiger partial charge in [0.25, 0.3) is 0 Å². The second kappa shape index (κ2) is 5.10. The molecule has 0 bridgehead atoms. The third-order valence-corrected chi connectivity index (χ3v) is 3.94. The zero-order valence-electron chi connectivity index (χ0n) is 11.8. The molecule has 0 amide bonds. The summed E-state index contributed by atoms with van der Waals surface area (Å²) in [4.78, 5) is 2.12. The van der Waals surface area contributed by atoms with Gasteiger partial charge in [-0.3, -0.25) is 0 Å². The van der Waals surface area contributed by atoms with Gasteiger partial charge in [-0.05, 0) is 51.3 Å². The Morgan fingerprint density at radius 1 is 1.32 bits per heavy atom. The van der Waals surface area contributed by atoms with Crippen LogP contribution in [0.1, 0.15) is 43.9 Å². The first-order chi connectivity index (χ1) is 8.80. The maximum Gasteiger partial charge on any atom is 0.126 e. The number of aryl methyl sites for hydroxylation is 1. The minimum atomic E-state index is -0.701. The predicted molar refractivity (Wildman–Crippen MR) is 73.8 cm³/mol. The molecule has 1 aliphatic heterocycles. The lowest BCUT2D eigenvalue weighted by Gasteiger charge is -2.38. The van der Waals surface area contributed by atoms with Crippen LogP contribution in [0.15, 0.2) is 12.1 Å². The van der Waals surface area contributed by atoms with Crippen LogP contribution in [0.2, 0.25) is 0 Å². The molecule has 0 aliphatic carbocycles. The van der Waals surface area contributed by atoms with Crippen molar-refractivity contribution in [2.45, 2.75) is 45.3 Å². The third kappa shape index (κ3) is 3.07. The summed E-state index contributed by atoms with van der Waals surface area (Å²) >= 11 is 0. The van der Waals surface area contributed by atoms with Crippen LogP contribution in [0.3, 0.4) is 0 Å². The highest BCUT2D eigenvalue weighted by atomic mass is 19.1. The molecule has 0 aromatic heterocycles. The number of aliphatic hydroxyl groups excluding tert-OH is 1. The molecule has 106 valence electrons.